The molecule has 0 spiro atoms. The molecule has 0 aliphatic carbocycles. The minimum atomic E-state index is -0.578. The second kappa shape index (κ2) is 5.22. The normalized spacial score (nSPS) is 9.89. The van der Waals surface area contributed by atoms with Crippen molar-refractivity contribution >= 4 is 17.3 Å². The van der Waals surface area contributed by atoms with E-state index in [1.165, 1.54) is 24.7 Å². The second-order valence-electron chi connectivity index (χ2n) is 3.48. The number of rotatable bonds is 3. The van der Waals surface area contributed by atoms with Gasteiger partial charge in [-0.3, -0.25) is 14.8 Å². The van der Waals surface area contributed by atoms with E-state index in [2.05, 4.69) is 20.6 Å². The van der Waals surface area contributed by atoms with Crippen LogP contribution >= 0.6 is 0 Å². The van der Waals surface area contributed by atoms with Crippen molar-refractivity contribution in [3.8, 4) is 0 Å². The summed E-state index contributed by atoms with van der Waals surface area (Å²) >= 11 is 0. The van der Waals surface area contributed by atoms with Crippen LogP contribution in [0.1, 0.15) is 10.4 Å². The van der Waals surface area contributed by atoms with Crippen molar-refractivity contribution in [1.29, 1.82) is 0 Å². The number of hydrogen-bond donors (Lipinski definition) is 2. The first kappa shape index (κ1) is 12.0. The van der Waals surface area contributed by atoms with Crippen LogP contribution in [0, 0.1) is 5.82 Å². The number of hydrogen-bond acceptors (Lipinski definition) is 4. The highest BCUT2D eigenvalue weighted by atomic mass is 19.1. The lowest BCUT2D eigenvalue weighted by Crippen LogP contribution is -2.15. The summed E-state index contributed by atoms with van der Waals surface area (Å²) in [6.07, 6.45) is 5.47. The van der Waals surface area contributed by atoms with Gasteiger partial charge in [0, 0.05) is 19.4 Å². The van der Waals surface area contributed by atoms with Gasteiger partial charge in [0.1, 0.15) is 0 Å². The summed E-state index contributed by atoms with van der Waals surface area (Å²) in [5.41, 5.74) is 1.06. The molecule has 0 atom stereocenters. The van der Waals surface area contributed by atoms with E-state index < -0.39 is 11.7 Å². The van der Waals surface area contributed by atoms with Crippen molar-refractivity contribution in [3.63, 3.8) is 0 Å². The molecule has 2 aromatic heterocycles. The molecule has 92 valence electrons. The highest BCUT2D eigenvalue weighted by molar-refractivity contribution is 6.07. The Morgan fingerprint density at radius 1 is 1.17 bits per heavy atom. The first-order valence-electron chi connectivity index (χ1n) is 5.25. The van der Waals surface area contributed by atoms with Crippen molar-refractivity contribution in [1.82, 2.24) is 9.97 Å². The average Bonchev–Trinajstić information content (AvgIpc) is 2.41. The molecule has 2 heterocycles. The number of carbonyl (C=O) groups is 1. The summed E-state index contributed by atoms with van der Waals surface area (Å²) in [5.74, 6) is -0.988. The lowest BCUT2D eigenvalue weighted by Gasteiger charge is -2.09. The smallest absolute Gasteiger partial charge is 0.257 e. The number of halogens is 1. The summed E-state index contributed by atoms with van der Waals surface area (Å²) in [7, 11) is 1.68. The molecular weight excluding hydrogens is 235 g/mol. The molecule has 0 saturated heterocycles. The summed E-state index contributed by atoms with van der Waals surface area (Å²) < 4.78 is 13.3. The van der Waals surface area contributed by atoms with Gasteiger partial charge in [0.25, 0.3) is 5.91 Å². The summed E-state index contributed by atoms with van der Waals surface area (Å²) in [6, 6.07) is 2.95. The topological polar surface area (TPSA) is 66.9 Å². The van der Waals surface area contributed by atoms with Gasteiger partial charge in [-0.2, -0.15) is 0 Å². The molecule has 18 heavy (non-hydrogen) atoms. The summed E-state index contributed by atoms with van der Waals surface area (Å²) in [6.45, 7) is 0. The van der Waals surface area contributed by atoms with Crippen LogP contribution in [0.3, 0.4) is 0 Å². The zero-order valence-corrected chi connectivity index (χ0v) is 9.64. The van der Waals surface area contributed by atoms with Crippen LogP contribution in [0.2, 0.25) is 0 Å². The van der Waals surface area contributed by atoms with E-state index in [0.29, 0.717) is 11.3 Å². The van der Waals surface area contributed by atoms with Gasteiger partial charge in [-0.15, -0.1) is 0 Å². The number of aromatic nitrogens is 2. The van der Waals surface area contributed by atoms with Gasteiger partial charge in [0.15, 0.2) is 5.82 Å². The molecule has 2 N–H and O–H groups in total. The van der Waals surface area contributed by atoms with Gasteiger partial charge >= 0.3 is 0 Å². The molecule has 2 rings (SSSR count). The van der Waals surface area contributed by atoms with Crippen molar-refractivity contribution in [3.05, 3.63) is 48.3 Å². The average molecular weight is 246 g/mol. The van der Waals surface area contributed by atoms with E-state index in [9.17, 15) is 9.18 Å². The third kappa shape index (κ3) is 2.42. The molecule has 0 aromatic carbocycles. The fraction of sp³-hybridized carbons (Fsp3) is 0.0833. The highest BCUT2D eigenvalue weighted by Crippen LogP contribution is 2.16. The zero-order valence-electron chi connectivity index (χ0n) is 9.64. The number of pyridine rings is 2. The van der Waals surface area contributed by atoms with Crippen LogP contribution in [0.15, 0.2) is 36.9 Å². The minimum Gasteiger partial charge on any atom is -0.386 e. The van der Waals surface area contributed by atoms with Crippen molar-refractivity contribution < 1.29 is 9.18 Å². The van der Waals surface area contributed by atoms with Crippen molar-refractivity contribution in [2.45, 2.75) is 0 Å². The maximum atomic E-state index is 13.3. The quantitative estimate of drug-likeness (QED) is 0.868. The van der Waals surface area contributed by atoms with Crippen molar-refractivity contribution in [2.75, 3.05) is 17.7 Å². The van der Waals surface area contributed by atoms with Gasteiger partial charge in [0.2, 0.25) is 0 Å². The Balaban J connectivity index is 2.25. The lowest BCUT2D eigenvalue weighted by molar-refractivity contribution is 0.102. The number of nitrogens with one attached hydrogen (secondary N) is 2. The molecule has 0 aliphatic rings. The molecule has 2 aromatic rings. The predicted octanol–water partition coefficient (Wildman–Crippen LogP) is 1.91. The molecule has 6 heteroatoms. The molecule has 5 nitrogen and oxygen atoms in total. The first-order valence-corrected chi connectivity index (χ1v) is 5.25. The van der Waals surface area contributed by atoms with E-state index in [-0.39, 0.29) is 5.69 Å². The van der Waals surface area contributed by atoms with Gasteiger partial charge in [-0.05, 0) is 12.1 Å². The SMILES string of the molecule is CNc1cnccc1C(=O)Nc1ccncc1F. The Labute approximate surface area is 103 Å². The Hall–Kier alpha value is -2.50. The standard InChI is InChI=1S/C12H11FN4O/c1-14-11-7-16-4-2-8(11)12(18)17-10-3-5-15-6-9(10)13/h2-7,14H,1H3,(H,15,17,18). The van der Waals surface area contributed by atoms with Crippen LogP contribution in [0.4, 0.5) is 15.8 Å². The third-order valence-corrected chi connectivity index (χ3v) is 2.36. The fourth-order valence-electron chi connectivity index (χ4n) is 1.46. The Morgan fingerprint density at radius 3 is 2.61 bits per heavy atom. The van der Waals surface area contributed by atoms with E-state index in [1.54, 1.807) is 13.1 Å². The first-order chi connectivity index (χ1) is 8.72. The number of carbonyl (C=O) groups excluding carboxylic acids is 1. The van der Waals surface area contributed by atoms with E-state index in [0.717, 1.165) is 6.20 Å². The minimum absolute atomic E-state index is 0.0915. The number of anilines is 2. The third-order valence-electron chi connectivity index (χ3n) is 2.36. The molecule has 1 amide bonds. The van der Waals surface area contributed by atoms with E-state index in [1.807, 2.05) is 0 Å². The molecule has 0 radical (unpaired) electrons. The maximum absolute atomic E-state index is 13.3. The van der Waals surface area contributed by atoms with Crippen LogP contribution in [0.5, 0.6) is 0 Å². The van der Waals surface area contributed by atoms with Crippen LogP contribution < -0.4 is 10.6 Å². The monoisotopic (exact) mass is 246 g/mol. The lowest BCUT2D eigenvalue weighted by atomic mass is 10.2. The predicted molar refractivity (Wildman–Crippen MR) is 65.9 cm³/mol. The van der Waals surface area contributed by atoms with Crippen molar-refractivity contribution in [2.24, 2.45) is 0 Å². The van der Waals surface area contributed by atoms with Gasteiger partial charge in [-0.25, -0.2) is 4.39 Å². The maximum Gasteiger partial charge on any atom is 0.257 e. The summed E-state index contributed by atoms with van der Waals surface area (Å²) in [4.78, 5) is 19.5. The molecule has 0 aliphatic heterocycles. The summed E-state index contributed by atoms with van der Waals surface area (Å²) in [5, 5.41) is 5.33. The molecule has 0 unspecified atom stereocenters. The zero-order chi connectivity index (χ0) is 13.0. The van der Waals surface area contributed by atoms with Gasteiger partial charge < -0.3 is 10.6 Å². The number of nitrogens with zero attached hydrogens (tertiary/aromatic N) is 2. The van der Waals surface area contributed by atoms with Gasteiger partial charge in [0.05, 0.1) is 29.3 Å². The Bertz CT molecular complexity index is 574. The van der Waals surface area contributed by atoms with Crippen LogP contribution in [-0.2, 0) is 0 Å². The second-order valence-corrected chi connectivity index (χ2v) is 3.48. The van der Waals surface area contributed by atoms with Crippen LogP contribution in [0.25, 0.3) is 0 Å². The fourth-order valence-corrected chi connectivity index (χ4v) is 1.46. The molecule has 0 bridgehead atoms. The Kier molecular flexibility index (Phi) is 3.47. The molecule has 0 fully saturated rings. The van der Waals surface area contributed by atoms with E-state index >= 15 is 0 Å². The number of amides is 1. The highest BCUT2D eigenvalue weighted by Gasteiger charge is 2.12. The molecular formula is C12H11FN4O. The Morgan fingerprint density at radius 2 is 1.89 bits per heavy atom. The largest absolute Gasteiger partial charge is 0.386 e. The van der Waals surface area contributed by atoms with E-state index in [4.69, 9.17) is 0 Å². The van der Waals surface area contributed by atoms with Crippen LogP contribution in [-0.4, -0.2) is 22.9 Å². The van der Waals surface area contributed by atoms with Gasteiger partial charge in [-0.1, -0.05) is 0 Å². The molecule has 0 saturated carbocycles.